The van der Waals surface area contributed by atoms with E-state index < -0.39 is 5.54 Å². The van der Waals surface area contributed by atoms with Crippen molar-refractivity contribution in [1.29, 1.82) is 0 Å². The number of likely N-dealkylation sites (tertiary alicyclic amines) is 1. The summed E-state index contributed by atoms with van der Waals surface area (Å²) in [5, 5.41) is 13.3. The molecule has 1 amide bonds. The topological polar surface area (TPSA) is 78.6 Å². The number of para-hydroxylation sites is 1. The Bertz CT molecular complexity index is 603. The van der Waals surface area contributed by atoms with Crippen LogP contribution in [0.5, 0.6) is 0 Å². The summed E-state index contributed by atoms with van der Waals surface area (Å²) >= 11 is 0. The van der Waals surface area contributed by atoms with Crippen LogP contribution in [0.3, 0.4) is 0 Å². The minimum Gasteiger partial charge on any atom is -0.391 e. The van der Waals surface area contributed by atoms with Gasteiger partial charge in [-0.2, -0.15) is 0 Å². The average molecular weight is 345 g/mol. The van der Waals surface area contributed by atoms with E-state index >= 15 is 0 Å². The predicted molar refractivity (Wildman–Crippen MR) is 101 cm³/mol. The number of aryl methyl sites for hydroxylation is 2. The average Bonchev–Trinajstić information content (AvgIpc) is 2.59. The van der Waals surface area contributed by atoms with Crippen molar-refractivity contribution in [2.24, 2.45) is 5.73 Å². The Balaban J connectivity index is 1.62. The molecule has 2 atom stereocenters. The zero-order valence-electron chi connectivity index (χ0n) is 15.4. The molecule has 1 saturated carbocycles. The second kappa shape index (κ2) is 7.44. The van der Waals surface area contributed by atoms with Crippen LogP contribution in [0.25, 0.3) is 0 Å². The molecule has 3 rings (SSSR count). The molecule has 1 aromatic rings. The second-order valence-corrected chi connectivity index (χ2v) is 7.83. The van der Waals surface area contributed by atoms with Gasteiger partial charge in [-0.25, -0.2) is 0 Å². The van der Waals surface area contributed by atoms with E-state index in [-0.39, 0.29) is 18.1 Å². The summed E-state index contributed by atoms with van der Waals surface area (Å²) in [5.74, 6) is -0.0891. The molecule has 1 aromatic carbocycles. The third kappa shape index (κ3) is 3.89. The Morgan fingerprint density at radius 3 is 2.40 bits per heavy atom. The molecule has 1 heterocycles. The number of carbonyl (C=O) groups is 1. The van der Waals surface area contributed by atoms with Crippen LogP contribution in [0.2, 0.25) is 0 Å². The SMILES string of the molecule is Cc1cccc(C)c1NC(=O)C1(N)CCN(C2CCCCC2O)CC1. The van der Waals surface area contributed by atoms with E-state index in [1.54, 1.807) is 0 Å². The minimum absolute atomic E-state index is 0.0891. The van der Waals surface area contributed by atoms with Crippen LogP contribution in [0, 0.1) is 13.8 Å². The molecule has 2 unspecified atom stereocenters. The molecule has 2 aliphatic rings. The van der Waals surface area contributed by atoms with Crippen molar-refractivity contribution in [3.05, 3.63) is 29.3 Å². The van der Waals surface area contributed by atoms with Gasteiger partial charge >= 0.3 is 0 Å². The smallest absolute Gasteiger partial charge is 0.244 e. The lowest BCUT2D eigenvalue weighted by Crippen LogP contribution is -2.60. The van der Waals surface area contributed by atoms with Gasteiger partial charge in [0, 0.05) is 24.8 Å². The van der Waals surface area contributed by atoms with E-state index in [1.165, 1.54) is 6.42 Å². The number of anilines is 1. The van der Waals surface area contributed by atoms with Gasteiger partial charge in [-0.05, 0) is 50.7 Å². The lowest BCUT2D eigenvalue weighted by Gasteiger charge is -2.44. The molecule has 0 radical (unpaired) electrons. The first-order valence-corrected chi connectivity index (χ1v) is 9.49. The van der Waals surface area contributed by atoms with E-state index in [9.17, 15) is 9.90 Å². The number of carbonyl (C=O) groups excluding carboxylic acids is 1. The molecule has 0 spiro atoms. The van der Waals surface area contributed by atoms with Crippen LogP contribution in [0.1, 0.15) is 49.7 Å². The van der Waals surface area contributed by atoms with Crippen LogP contribution in [-0.2, 0) is 4.79 Å². The Morgan fingerprint density at radius 1 is 1.20 bits per heavy atom. The van der Waals surface area contributed by atoms with Crippen molar-refractivity contribution in [2.45, 2.75) is 70.1 Å². The third-order valence-electron chi connectivity index (χ3n) is 6.03. The molecule has 2 fully saturated rings. The summed E-state index contributed by atoms with van der Waals surface area (Å²) in [6, 6.07) is 6.23. The van der Waals surface area contributed by atoms with Gasteiger partial charge in [-0.1, -0.05) is 31.0 Å². The van der Waals surface area contributed by atoms with Crippen LogP contribution in [0.4, 0.5) is 5.69 Å². The monoisotopic (exact) mass is 345 g/mol. The normalized spacial score (nSPS) is 27.0. The Morgan fingerprint density at radius 2 is 1.80 bits per heavy atom. The summed E-state index contributed by atoms with van der Waals surface area (Å²) in [6.07, 6.45) is 5.27. The minimum atomic E-state index is -0.829. The van der Waals surface area contributed by atoms with Gasteiger partial charge < -0.3 is 16.2 Å². The fourth-order valence-electron chi connectivity index (χ4n) is 4.25. The van der Waals surface area contributed by atoms with Crippen LogP contribution in [-0.4, -0.2) is 46.7 Å². The highest BCUT2D eigenvalue weighted by atomic mass is 16.3. The molecular formula is C20H31N3O2. The number of piperidine rings is 1. The number of nitrogens with two attached hydrogens (primary N) is 1. The van der Waals surface area contributed by atoms with Gasteiger partial charge in [0.05, 0.1) is 11.6 Å². The zero-order chi connectivity index (χ0) is 18.0. The van der Waals surface area contributed by atoms with Gasteiger partial charge in [-0.15, -0.1) is 0 Å². The molecule has 25 heavy (non-hydrogen) atoms. The van der Waals surface area contributed by atoms with Crippen molar-refractivity contribution < 1.29 is 9.90 Å². The number of nitrogens with one attached hydrogen (secondary N) is 1. The van der Waals surface area contributed by atoms with E-state index in [4.69, 9.17) is 5.73 Å². The van der Waals surface area contributed by atoms with Gasteiger partial charge in [0.25, 0.3) is 0 Å². The molecule has 0 bridgehead atoms. The number of benzene rings is 1. The number of aliphatic hydroxyl groups is 1. The second-order valence-electron chi connectivity index (χ2n) is 7.83. The Kier molecular flexibility index (Phi) is 5.46. The van der Waals surface area contributed by atoms with Crippen molar-refractivity contribution in [3.8, 4) is 0 Å². The number of aliphatic hydroxyl groups excluding tert-OH is 1. The summed E-state index contributed by atoms with van der Waals surface area (Å²) in [5.41, 5.74) is 8.64. The van der Waals surface area contributed by atoms with E-state index in [1.807, 2.05) is 32.0 Å². The standard InChI is InChI=1S/C20H31N3O2/c1-14-6-5-7-15(2)18(14)22-19(25)20(21)10-12-23(13-11-20)16-8-3-4-9-17(16)24/h5-7,16-17,24H,3-4,8-13,21H2,1-2H3,(H,22,25). The first-order chi connectivity index (χ1) is 11.9. The molecule has 5 heteroatoms. The molecule has 1 saturated heterocycles. The van der Waals surface area contributed by atoms with Crippen LogP contribution < -0.4 is 11.1 Å². The van der Waals surface area contributed by atoms with Gasteiger partial charge in [0.15, 0.2) is 0 Å². The molecule has 138 valence electrons. The highest BCUT2D eigenvalue weighted by molar-refractivity contribution is 5.99. The fourth-order valence-corrected chi connectivity index (χ4v) is 4.25. The maximum Gasteiger partial charge on any atom is 0.244 e. The number of nitrogens with zero attached hydrogens (tertiary/aromatic N) is 1. The lowest BCUT2D eigenvalue weighted by atomic mass is 9.84. The molecule has 1 aliphatic carbocycles. The highest BCUT2D eigenvalue weighted by Crippen LogP contribution is 2.29. The number of hydrogen-bond donors (Lipinski definition) is 3. The molecule has 4 N–H and O–H groups in total. The largest absolute Gasteiger partial charge is 0.391 e. The zero-order valence-corrected chi connectivity index (χ0v) is 15.4. The summed E-state index contributed by atoms with van der Waals surface area (Å²) in [4.78, 5) is 15.2. The van der Waals surface area contributed by atoms with Gasteiger partial charge in [0.1, 0.15) is 0 Å². The van der Waals surface area contributed by atoms with Crippen molar-refractivity contribution in [2.75, 3.05) is 18.4 Å². The van der Waals surface area contributed by atoms with E-state index in [0.717, 1.165) is 49.2 Å². The quantitative estimate of drug-likeness (QED) is 0.786. The van der Waals surface area contributed by atoms with Crippen molar-refractivity contribution in [3.63, 3.8) is 0 Å². The number of hydrogen-bond acceptors (Lipinski definition) is 4. The van der Waals surface area contributed by atoms with Crippen molar-refractivity contribution >= 4 is 11.6 Å². The fraction of sp³-hybridized carbons (Fsp3) is 0.650. The number of rotatable bonds is 3. The lowest BCUT2D eigenvalue weighted by molar-refractivity contribution is -0.123. The summed E-state index contributed by atoms with van der Waals surface area (Å²) in [6.45, 7) is 5.55. The summed E-state index contributed by atoms with van der Waals surface area (Å²) in [7, 11) is 0. The first kappa shape index (κ1) is 18.4. The summed E-state index contributed by atoms with van der Waals surface area (Å²) < 4.78 is 0. The van der Waals surface area contributed by atoms with Crippen LogP contribution in [0.15, 0.2) is 18.2 Å². The van der Waals surface area contributed by atoms with E-state index in [2.05, 4.69) is 10.2 Å². The number of amides is 1. The molecule has 0 aromatic heterocycles. The van der Waals surface area contributed by atoms with Crippen molar-refractivity contribution in [1.82, 2.24) is 4.90 Å². The van der Waals surface area contributed by atoms with Gasteiger partial charge in [0.2, 0.25) is 5.91 Å². The van der Waals surface area contributed by atoms with Crippen LogP contribution >= 0.6 is 0 Å². The highest BCUT2D eigenvalue weighted by Gasteiger charge is 2.40. The molecular weight excluding hydrogens is 314 g/mol. The van der Waals surface area contributed by atoms with Gasteiger partial charge in [-0.3, -0.25) is 9.69 Å². The third-order valence-corrected chi connectivity index (χ3v) is 6.03. The van der Waals surface area contributed by atoms with E-state index in [0.29, 0.717) is 12.8 Å². The molecule has 1 aliphatic heterocycles. The maximum atomic E-state index is 12.8. The Hall–Kier alpha value is -1.43. The molecule has 5 nitrogen and oxygen atoms in total. The Labute approximate surface area is 150 Å². The first-order valence-electron chi connectivity index (χ1n) is 9.49. The maximum absolute atomic E-state index is 12.8. The predicted octanol–water partition coefficient (Wildman–Crippen LogP) is 2.34.